The minimum absolute atomic E-state index is 0.708. The molecule has 1 fully saturated rings. The van der Waals surface area contributed by atoms with Crippen molar-refractivity contribution in [3.05, 3.63) is 0 Å². The van der Waals surface area contributed by atoms with E-state index < -0.39 is 0 Å². The molecule has 1 aliphatic heterocycles. The van der Waals surface area contributed by atoms with E-state index in [1.807, 2.05) is 0 Å². The predicted octanol–water partition coefficient (Wildman–Crippen LogP) is 0.607. The number of likely N-dealkylation sites (N-methyl/N-ethyl adjacent to an activating group) is 1. The molecule has 1 heterocycles. The van der Waals surface area contributed by atoms with E-state index in [-0.39, 0.29) is 0 Å². The molecule has 0 aromatic heterocycles. The maximum atomic E-state index is 5.53. The SMILES string of the molecule is CC(C)N1CCC(CN(C)CCN)C1. The molecule has 0 radical (unpaired) electrons. The summed E-state index contributed by atoms with van der Waals surface area (Å²) in [6, 6.07) is 0.708. The van der Waals surface area contributed by atoms with Gasteiger partial charge in [0.1, 0.15) is 0 Å². The van der Waals surface area contributed by atoms with Gasteiger partial charge in [-0.15, -0.1) is 0 Å². The molecule has 3 nitrogen and oxygen atoms in total. The monoisotopic (exact) mass is 199 g/mol. The van der Waals surface area contributed by atoms with Gasteiger partial charge in [0.25, 0.3) is 0 Å². The minimum atomic E-state index is 0.708. The van der Waals surface area contributed by atoms with Crippen molar-refractivity contribution in [1.29, 1.82) is 0 Å². The predicted molar refractivity (Wildman–Crippen MR) is 61.4 cm³/mol. The number of likely N-dealkylation sites (tertiary alicyclic amines) is 1. The Morgan fingerprint density at radius 2 is 2.21 bits per heavy atom. The lowest BCUT2D eigenvalue weighted by molar-refractivity contribution is 0.240. The van der Waals surface area contributed by atoms with E-state index in [0.29, 0.717) is 6.04 Å². The second-order valence-electron chi connectivity index (χ2n) is 4.79. The molecule has 1 saturated heterocycles. The van der Waals surface area contributed by atoms with Crippen LogP contribution in [0, 0.1) is 5.92 Å². The van der Waals surface area contributed by atoms with Crippen LogP contribution >= 0.6 is 0 Å². The summed E-state index contributed by atoms with van der Waals surface area (Å²) in [5.74, 6) is 0.856. The van der Waals surface area contributed by atoms with Gasteiger partial charge in [-0.05, 0) is 39.8 Å². The van der Waals surface area contributed by atoms with Gasteiger partial charge in [-0.1, -0.05) is 0 Å². The summed E-state index contributed by atoms with van der Waals surface area (Å²) in [6.45, 7) is 10.1. The first-order valence-electron chi connectivity index (χ1n) is 5.76. The van der Waals surface area contributed by atoms with E-state index in [1.165, 1.54) is 26.1 Å². The Morgan fingerprint density at radius 3 is 2.71 bits per heavy atom. The lowest BCUT2D eigenvalue weighted by Gasteiger charge is -2.22. The van der Waals surface area contributed by atoms with Crippen molar-refractivity contribution in [1.82, 2.24) is 9.80 Å². The van der Waals surface area contributed by atoms with Crippen molar-refractivity contribution in [2.24, 2.45) is 11.7 Å². The Morgan fingerprint density at radius 1 is 1.50 bits per heavy atom. The molecule has 0 saturated carbocycles. The number of nitrogens with two attached hydrogens (primary N) is 1. The smallest absolute Gasteiger partial charge is 0.0102 e. The van der Waals surface area contributed by atoms with Gasteiger partial charge in [-0.3, -0.25) is 0 Å². The molecule has 1 atom stereocenters. The maximum Gasteiger partial charge on any atom is 0.0102 e. The normalized spacial score (nSPS) is 24.0. The fraction of sp³-hybridized carbons (Fsp3) is 1.00. The molecular weight excluding hydrogens is 174 g/mol. The first-order chi connectivity index (χ1) is 6.63. The topological polar surface area (TPSA) is 32.5 Å². The molecule has 14 heavy (non-hydrogen) atoms. The van der Waals surface area contributed by atoms with Gasteiger partial charge in [-0.25, -0.2) is 0 Å². The highest BCUT2D eigenvalue weighted by Crippen LogP contribution is 2.18. The van der Waals surface area contributed by atoms with Crippen LogP contribution in [0.2, 0.25) is 0 Å². The van der Waals surface area contributed by atoms with Gasteiger partial charge in [-0.2, -0.15) is 0 Å². The molecule has 0 spiro atoms. The van der Waals surface area contributed by atoms with Crippen molar-refractivity contribution in [3.8, 4) is 0 Å². The van der Waals surface area contributed by atoms with Crippen LogP contribution in [0.5, 0.6) is 0 Å². The van der Waals surface area contributed by atoms with Crippen molar-refractivity contribution < 1.29 is 0 Å². The van der Waals surface area contributed by atoms with Crippen molar-refractivity contribution in [3.63, 3.8) is 0 Å². The molecule has 0 aromatic carbocycles. The van der Waals surface area contributed by atoms with Gasteiger partial charge in [0.05, 0.1) is 0 Å². The highest BCUT2D eigenvalue weighted by atomic mass is 15.2. The second kappa shape index (κ2) is 5.69. The van der Waals surface area contributed by atoms with Crippen LogP contribution < -0.4 is 5.73 Å². The highest BCUT2D eigenvalue weighted by molar-refractivity contribution is 4.79. The number of hydrogen-bond acceptors (Lipinski definition) is 3. The Balaban J connectivity index is 2.21. The Hall–Kier alpha value is -0.120. The average molecular weight is 199 g/mol. The third-order valence-electron chi connectivity index (χ3n) is 3.13. The van der Waals surface area contributed by atoms with Crippen molar-refractivity contribution >= 4 is 0 Å². The van der Waals surface area contributed by atoms with Gasteiger partial charge < -0.3 is 15.5 Å². The summed E-state index contributed by atoms with van der Waals surface area (Å²) in [5, 5.41) is 0. The molecule has 1 unspecified atom stereocenters. The van der Waals surface area contributed by atoms with Crippen LogP contribution in [0.3, 0.4) is 0 Å². The third-order valence-corrected chi connectivity index (χ3v) is 3.13. The molecule has 0 bridgehead atoms. The van der Waals surface area contributed by atoms with Crippen molar-refractivity contribution in [2.75, 3.05) is 39.8 Å². The Bertz CT molecular complexity index is 159. The number of hydrogen-bond donors (Lipinski definition) is 1. The molecule has 84 valence electrons. The molecule has 0 aliphatic carbocycles. The lowest BCUT2D eigenvalue weighted by atomic mass is 10.1. The zero-order chi connectivity index (χ0) is 10.6. The molecule has 2 N–H and O–H groups in total. The van der Waals surface area contributed by atoms with E-state index in [1.54, 1.807) is 0 Å². The summed E-state index contributed by atoms with van der Waals surface area (Å²) in [7, 11) is 2.17. The minimum Gasteiger partial charge on any atom is -0.329 e. The zero-order valence-corrected chi connectivity index (χ0v) is 9.87. The van der Waals surface area contributed by atoms with E-state index in [4.69, 9.17) is 5.73 Å². The van der Waals surface area contributed by atoms with Crippen molar-refractivity contribution in [2.45, 2.75) is 26.3 Å². The summed E-state index contributed by atoms with van der Waals surface area (Å²) >= 11 is 0. The van der Waals surface area contributed by atoms with E-state index in [0.717, 1.165) is 19.0 Å². The average Bonchev–Trinajstić information content (AvgIpc) is 2.53. The fourth-order valence-corrected chi connectivity index (χ4v) is 2.23. The summed E-state index contributed by atoms with van der Waals surface area (Å²) in [4.78, 5) is 4.93. The quantitative estimate of drug-likeness (QED) is 0.704. The van der Waals surface area contributed by atoms with E-state index >= 15 is 0 Å². The second-order valence-corrected chi connectivity index (χ2v) is 4.79. The third kappa shape index (κ3) is 3.56. The maximum absolute atomic E-state index is 5.53. The van der Waals surface area contributed by atoms with Gasteiger partial charge in [0.15, 0.2) is 0 Å². The summed E-state index contributed by atoms with van der Waals surface area (Å²) in [6.07, 6.45) is 1.35. The van der Waals surface area contributed by atoms with Crippen LogP contribution in [-0.2, 0) is 0 Å². The standard InChI is InChI=1S/C11H25N3/c1-10(2)14-6-4-11(9-14)8-13(3)7-5-12/h10-11H,4-9,12H2,1-3H3. The van der Waals surface area contributed by atoms with E-state index in [9.17, 15) is 0 Å². The highest BCUT2D eigenvalue weighted by Gasteiger charge is 2.24. The number of nitrogens with zero attached hydrogens (tertiary/aromatic N) is 2. The van der Waals surface area contributed by atoms with Gasteiger partial charge in [0.2, 0.25) is 0 Å². The van der Waals surface area contributed by atoms with Crippen LogP contribution in [0.1, 0.15) is 20.3 Å². The molecule has 3 heteroatoms. The van der Waals surface area contributed by atoms with Crippen LogP contribution in [-0.4, -0.2) is 55.6 Å². The van der Waals surface area contributed by atoms with Crippen LogP contribution in [0.4, 0.5) is 0 Å². The first-order valence-corrected chi connectivity index (χ1v) is 5.76. The summed E-state index contributed by atoms with van der Waals surface area (Å²) in [5.41, 5.74) is 5.53. The molecule has 1 aliphatic rings. The van der Waals surface area contributed by atoms with Crippen LogP contribution in [0.25, 0.3) is 0 Å². The van der Waals surface area contributed by atoms with Gasteiger partial charge >= 0.3 is 0 Å². The number of rotatable bonds is 5. The zero-order valence-electron chi connectivity index (χ0n) is 9.87. The molecule has 0 aromatic rings. The first kappa shape index (κ1) is 12.0. The fourth-order valence-electron chi connectivity index (χ4n) is 2.23. The lowest BCUT2D eigenvalue weighted by Crippen LogP contribution is -2.33. The van der Waals surface area contributed by atoms with Crippen LogP contribution in [0.15, 0.2) is 0 Å². The molecule has 0 amide bonds. The van der Waals surface area contributed by atoms with Gasteiger partial charge in [0, 0.05) is 32.2 Å². The summed E-state index contributed by atoms with van der Waals surface area (Å²) < 4.78 is 0. The Labute approximate surface area is 88.2 Å². The van der Waals surface area contributed by atoms with E-state index in [2.05, 4.69) is 30.7 Å². The Kier molecular flexibility index (Phi) is 4.85. The largest absolute Gasteiger partial charge is 0.329 e. The molecular formula is C11H25N3. The molecule has 1 rings (SSSR count).